The average molecular weight is 259 g/mol. The number of carbonyl (C=O) groups excluding carboxylic acids is 2. The monoisotopic (exact) mass is 259 g/mol. The van der Waals surface area contributed by atoms with E-state index in [2.05, 4.69) is 10.6 Å². The lowest BCUT2D eigenvalue weighted by Gasteiger charge is -2.28. The molecule has 6 heteroatoms. The number of nitrogens with two attached hydrogens (primary N) is 1. The summed E-state index contributed by atoms with van der Waals surface area (Å²) in [4.78, 5) is 23.4. The summed E-state index contributed by atoms with van der Waals surface area (Å²) in [6.07, 6.45) is 1.06. The van der Waals surface area contributed by atoms with Gasteiger partial charge in [0.2, 0.25) is 11.8 Å². The predicted molar refractivity (Wildman–Crippen MR) is 71.5 cm³/mol. The molecule has 0 radical (unpaired) electrons. The number of hydrogen-bond donors (Lipinski definition) is 3. The average Bonchev–Trinajstić information content (AvgIpc) is 2.28. The van der Waals surface area contributed by atoms with Crippen LogP contribution in [0.1, 0.15) is 33.6 Å². The van der Waals surface area contributed by atoms with Crippen LogP contribution in [-0.4, -0.2) is 29.9 Å². The number of hydrogen-bond acceptors (Lipinski definition) is 3. The van der Waals surface area contributed by atoms with E-state index in [0.29, 0.717) is 19.4 Å². The molecule has 0 aromatic rings. The van der Waals surface area contributed by atoms with Crippen molar-refractivity contribution < 1.29 is 9.59 Å². The Bertz CT molecular complexity index is 301. The highest BCUT2D eigenvalue weighted by atomic mass is 32.1. The van der Waals surface area contributed by atoms with Gasteiger partial charge in [0.1, 0.15) is 0 Å². The lowest BCUT2D eigenvalue weighted by atomic mass is 9.81. The van der Waals surface area contributed by atoms with Gasteiger partial charge in [-0.25, -0.2) is 0 Å². The SMILES string of the molecule is CCNC(=O)CNC(=O)C(CC)(CC)C(N)=S. The molecule has 0 aliphatic heterocycles. The molecule has 0 saturated carbocycles. The van der Waals surface area contributed by atoms with Gasteiger partial charge < -0.3 is 16.4 Å². The third kappa shape index (κ3) is 3.96. The third-order valence-electron chi connectivity index (χ3n) is 2.90. The van der Waals surface area contributed by atoms with Gasteiger partial charge in [0.15, 0.2) is 0 Å². The molecule has 0 aliphatic carbocycles. The van der Waals surface area contributed by atoms with Crippen molar-refractivity contribution in [3.05, 3.63) is 0 Å². The van der Waals surface area contributed by atoms with Crippen LogP contribution in [0.25, 0.3) is 0 Å². The van der Waals surface area contributed by atoms with E-state index in [9.17, 15) is 9.59 Å². The number of amides is 2. The van der Waals surface area contributed by atoms with Gasteiger partial charge in [0.25, 0.3) is 0 Å². The Morgan fingerprint density at radius 1 is 1.18 bits per heavy atom. The normalized spacial score (nSPS) is 10.8. The van der Waals surface area contributed by atoms with E-state index >= 15 is 0 Å². The van der Waals surface area contributed by atoms with Crippen molar-refractivity contribution in [3.8, 4) is 0 Å². The van der Waals surface area contributed by atoms with E-state index in [1.165, 1.54) is 0 Å². The molecule has 98 valence electrons. The van der Waals surface area contributed by atoms with Gasteiger partial charge in [0, 0.05) is 6.54 Å². The first-order valence-corrected chi connectivity index (χ1v) is 6.20. The summed E-state index contributed by atoms with van der Waals surface area (Å²) in [6, 6.07) is 0. The number of likely N-dealkylation sites (N-methyl/N-ethyl adjacent to an activating group) is 1. The minimum Gasteiger partial charge on any atom is -0.392 e. The zero-order valence-corrected chi connectivity index (χ0v) is 11.4. The Balaban J connectivity index is 4.55. The van der Waals surface area contributed by atoms with E-state index in [4.69, 9.17) is 18.0 Å². The highest BCUT2D eigenvalue weighted by Crippen LogP contribution is 2.26. The molecule has 0 bridgehead atoms. The van der Waals surface area contributed by atoms with Gasteiger partial charge in [-0.15, -0.1) is 0 Å². The first-order valence-electron chi connectivity index (χ1n) is 5.79. The fraction of sp³-hybridized carbons (Fsp3) is 0.727. The lowest BCUT2D eigenvalue weighted by molar-refractivity contribution is -0.130. The quantitative estimate of drug-likeness (QED) is 0.575. The molecule has 0 rings (SSSR count). The van der Waals surface area contributed by atoms with Gasteiger partial charge in [-0.05, 0) is 19.8 Å². The van der Waals surface area contributed by atoms with Crippen LogP contribution in [0.4, 0.5) is 0 Å². The molecule has 5 nitrogen and oxygen atoms in total. The number of thiocarbonyl (C=S) groups is 1. The summed E-state index contributed by atoms with van der Waals surface area (Å²) in [5.41, 5.74) is 4.78. The van der Waals surface area contributed by atoms with E-state index in [-0.39, 0.29) is 23.3 Å². The van der Waals surface area contributed by atoms with Crippen molar-refractivity contribution in [3.63, 3.8) is 0 Å². The second kappa shape index (κ2) is 7.21. The molecule has 0 spiro atoms. The summed E-state index contributed by atoms with van der Waals surface area (Å²) in [6.45, 7) is 6.02. The van der Waals surface area contributed by atoms with E-state index in [1.807, 2.05) is 20.8 Å². The van der Waals surface area contributed by atoms with Crippen LogP contribution in [-0.2, 0) is 9.59 Å². The van der Waals surface area contributed by atoms with Crippen molar-refractivity contribution in [1.82, 2.24) is 10.6 Å². The van der Waals surface area contributed by atoms with Crippen molar-refractivity contribution in [2.24, 2.45) is 11.1 Å². The van der Waals surface area contributed by atoms with Gasteiger partial charge in [-0.2, -0.15) is 0 Å². The first-order chi connectivity index (χ1) is 7.94. The van der Waals surface area contributed by atoms with Gasteiger partial charge in [0.05, 0.1) is 16.9 Å². The van der Waals surface area contributed by atoms with E-state index < -0.39 is 5.41 Å². The van der Waals surface area contributed by atoms with E-state index in [0.717, 1.165) is 0 Å². The highest BCUT2D eigenvalue weighted by Gasteiger charge is 2.37. The molecule has 4 N–H and O–H groups in total. The summed E-state index contributed by atoms with van der Waals surface area (Å²) < 4.78 is 0. The van der Waals surface area contributed by atoms with Gasteiger partial charge >= 0.3 is 0 Å². The van der Waals surface area contributed by atoms with Gasteiger partial charge in [-0.1, -0.05) is 26.1 Å². The van der Waals surface area contributed by atoms with Crippen LogP contribution in [0, 0.1) is 5.41 Å². The summed E-state index contributed by atoms with van der Waals surface area (Å²) in [5.74, 6) is -0.494. The molecule has 2 amide bonds. The maximum absolute atomic E-state index is 12.0. The van der Waals surface area contributed by atoms with Crippen LogP contribution in [0.2, 0.25) is 0 Å². The van der Waals surface area contributed by atoms with E-state index in [1.54, 1.807) is 0 Å². The molecule has 0 unspecified atom stereocenters. The molecule has 0 aromatic heterocycles. The summed E-state index contributed by atoms with van der Waals surface area (Å²) in [7, 11) is 0. The van der Waals surface area contributed by atoms with Crippen LogP contribution >= 0.6 is 12.2 Å². The Labute approximate surface area is 108 Å². The minimum absolute atomic E-state index is 0.0446. The maximum atomic E-state index is 12.0. The standard InChI is InChI=1S/C11H21N3O2S/c1-4-11(5-2,9(12)17)10(16)14-7-8(15)13-6-3/h4-7H2,1-3H3,(H2,12,17)(H,13,15)(H,14,16). The zero-order valence-electron chi connectivity index (χ0n) is 10.6. The molecule has 17 heavy (non-hydrogen) atoms. The molecule has 0 heterocycles. The lowest BCUT2D eigenvalue weighted by Crippen LogP contribution is -2.50. The van der Waals surface area contributed by atoms with Crippen LogP contribution in [0.15, 0.2) is 0 Å². The van der Waals surface area contributed by atoms with Crippen molar-refractivity contribution in [2.75, 3.05) is 13.1 Å². The molecule has 0 saturated heterocycles. The first kappa shape index (κ1) is 15.8. The highest BCUT2D eigenvalue weighted by molar-refractivity contribution is 7.80. The minimum atomic E-state index is -0.845. The Morgan fingerprint density at radius 2 is 1.71 bits per heavy atom. The topological polar surface area (TPSA) is 84.2 Å². The van der Waals surface area contributed by atoms with Crippen molar-refractivity contribution in [1.29, 1.82) is 0 Å². The van der Waals surface area contributed by atoms with Crippen LogP contribution in [0.3, 0.4) is 0 Å². The smallest absolute Gasteiger partial charge is 0.239 e. The molecular formula is C11H21N3O2S. The zero-order chi connectivity index (χ0) is 13.5. The fourth-order valence-electron chi connectivity index (χ4n) is 1.62. The molecule has 0 atom stereocenters. The second-order valence-electron chi connectivity index (χ2n) is 3.79. The largest absolute Gasteiger partial charge is 0.392 e. The van der Waals surface area contributed by atoms with Crippen molar-refractivity contribution in [2.45, 2.75) is 33.6 Å². The van der Waals surface area contributed by atoms with Crippen LogP contribution in [0.5, 0.6) is 0 Å². The molecule has 0 aromatic carbocycles. The van der Waals surface area contributed by atoms with Crippen LogP contribution < -0.4 is 16.4 Å². The second-order valence-corrected chi connectivity index (χ2v) is 4.23. The number of carbonyl (C=O) groups is 2. The summed E-state index contributed by atoms with van der Waals surface area (Å²) in [5, 5.41) is 5.17. The Kier molecular flexibility index (Phi) is 6.72. The Morgan fingerprint density at radius 3 is 2.06 bits per heavy atom. The molecule has 0 fully saturated rings. The summed E-state index contributed by atoms with van der Waals surface area (Å²) >= 11 is 4.95. The van der Waals surface area contributed by atoms with Crippen molar-refractivity contribution >= 4 is 29.0 Å². The molecule has 0 aliphatic rings. The molecular weight excluding hydrogens is 238 g/mol. The predicted octanol–water partition coefficient (Wildman–Crippen LogP) is 0.331. The maximum Gasteiger partial charge on any atom is 0.239 e. The Hall–Kier alpha value is -1.17. The fourth-order valence-corrected chi connectivity index (χ4v) is 2.00. The van der Waals surface area contributed by atoms with Gasteiger partial charge in [-0.3, -0.25) is 9.59 Å². The number of nitrogens with one attached hydrogen (secondary N) is 2. The number of rotatable bonds is 7. The third-order valence-corrected chi connectivity index (χ3v) is 3.29.